The van der Waals surface area contributed by atoms with Crippen molar-refractivity contribution in [1.82, 2.24) is 9.36 Å². The van der Waals surface area contributed by atoms with E-state index in [1.807, 2.05) is 26.0 Å². The quantitative estimate of drug-likeness (QED) is 0.791. The maximum atomic E-state index is 5.78. The van der Waals surface area contributed by atoms with Crippen molar-refractivity contribution in [3.8, 4) is 10.9 Å². The SMILES string of the molecule is Cc1cc(Oc2ncns2)c(C)cc1N. The third-order valence-electron chi connectivity index (χ3n) is 2.10. The Balaban J connectivity index is 2.33. The van der Waals surface area contributed by atoms with Gasteiger partial charge >= 0.3 is 0 Å². The Labute approximate surface area is 91.9 Å². The molecule has 78 valence electrons. The summed E-state index contributed by atoms with van der Waals surface area (Å²) in [5.41, 5.74) is 8.55. The third kappa shape index (κ3) is 2.07. The maximum absolute atomic E-state index is 5.78. The third-order valence-corrected chi connectivity index (χ3v) is 2.65. The molecule has 0 bridgehead atoms. The lowest BCUT2D eigenvalue weighted by Gasteiger charge is -2.08. The fourth-order valence-electron chi connectivity index (χ4n) is 1.22. The number of rotatable bonds is 2. The van der Waals surface area contributed by atoms with Crippen LogP contribution in [0.5, 0.6) is 10.9 Å². The van der Waals surface area contributed by atoms with Crippen molar-refractivity contribution in [2.45, 2.75) is 13.8 Å². The summed E-state index contributed by atoms with van der Waals surface area (Å²) in [5.74, 6) is 0.776. The fourth-order valence-corrected chi connectivity index (χ4v) is 1.63. The van der Waals surface area contributed by atoms with Crippen molar-refractivity contribution >= 4 is 17.2 Å². The number of aromatic nitrogens is 2. The van der Waals surface area contributed by atoms with Crippen LogP contribution in [0.4, 0.5) is 5.69 Å². The van der Waals surface area contributed by atoms with Crippen LogP contribution in [0.1, 0.15) is 11.1 Å². The smallest absolute Gasteiger partial charge is 0.298 e. The van der Waals surface area contributed by atoms with Crippen LogP contribution in [0, 0.1) is 13.8 Å². The molecule has 0 atom stereocenters. The van der Waals surface area contributed by atoms with Crippen LogP contribution in [0.2, 0.25) is 0 Å². The molecule has 1 aromatic carbocycles. The highest BCUT2D eigenvalue weighted by atomic mass is 32.1. The summed E-state index contributed by atoms with van der Waals surface area (Å²) in [6.07, 6.45) is 1.47. The monoisotopic (exact) mass is 221 g/mol. The van der Waals surface area contributed by atoms with E-state index in [0.29, 0.717) is 5.19 Å². The summed E-state index contributed by atoms with van der Waals surface area (Å²) >= 11 is 1.22. The lowest BCUT2D eigenvalue weighted by atomic mass is 10.1. The maximum Gasteiger partial charge on any atom is 0.298 e. The van der Waals surface area contributed by atoms with Crippen LogP contribution in [-0.4, -0.2) is 9.36 Å². The predicted octanol–water partition coefficient (Wildman–Crippen LogP) is 2.53. The number of benzene rings is 1. The molecule has 5 heteroatoms. The van der Waals surface area contributed by atoms with E-state index in [9.17, 15) is 0 Å². The Morgan fingerprint density at radius 2 is 2.07 bits per heavy atom. The first-order chi connectivity index (χ1) is 7.16. The van der Waals surface area contributed by atoms with Gasteiger partial charge in [0.15, 0.2) is 0 Å². The van der Waals surface area contributed by atoms with Crippen molar-refractivity contribution < 1.29 is 4.74 Å². The molecule has 2 N–H and O–H groups in total. The number of ether oxygens (including phenoxy) is 1. The van der Waals surface area contributed by atoms with Crippen LogP contribution >= 0.6 is 11.5 Å². The Hall–Kier alpha value is -1.62. The molecule has 2 aromatic rings. The second-order valence-corrected chi connectivity index (χ2v) is 4.03. The van der Waals surface area contributed by atoms with Gasteiger partial charge in [0, 0.05) is 17.2 Å². The van der Waals surface area contributed by atoms with Crippen LogP contribution < -0.4 is 10.5 Å². The molecule has 2 rings (SSSR count). The summed E-state index contributed by atoms with van der Waals surface area (Å²) in [7, 11) is 0. The zero-order valence-corrected chi connectivity index (χ0v) is 9.34. The normalized spacial score (nSPS) is 10.3. The average Bonchev–Trinajstić information content (AvgIpc) is 2.67. The predicted molar refractivity (Wildman–Crippen MR) is 60.3 cm³/mol. The minimum atomic E-state index is 0.544. The minimum absolute atomic E-state index is 0.544. The van der Waals surface area contributed by atoms with Gasteiger partial charge in [-0.3, -0.25) is 0 Å². The first-order valence-corrected chi connectivity index (χ1v) is 5.25. The van der Waals surface area contributed by atoms with Crippen molar-refractivity contribution in [3.05, 3.63) is 29.6 Å². The number of nitrogens with zero attached hydrogens (tertiary/aromatic N) is 2. The Bertz CT molecular complexity index is 468. The highest BCUT2D eigenvalue weighted by Gasteiger charge is 2.06. The molecular weight excluding hydrogens is 210 g/mol. The minimum Gasteiger partial charge on any atom is -0.430 e. The van der Waals surface area contributed by atoms with Gasteiger partial charge < -0.3 is 10.5 Å². The summed E-state index contributed by atoms with van der Waals surface area (Å²) in [6.45, 7) is 3.90. The Morgan fingerprint density at radius 1 is 1.27 bits per heavy atom. The molecule has 0 fully saturated rings. The van der Waals surface area contributed by atoms with E-state index in [4.69, 9.17) is 10.5 Å². The molecule has 0 spiro atoms. The first-order valence-electron chi connectivity index (χ1n) is 4.48. The first kappa shape index (κ1) is 9.92. The van der Waals surface area contributed by atoms with E-state index in [1.54, 1.807) is 0 Å². The molecule has 0 aliphatic heterocycles. The molecule has 0 aliphatic carbocycles. The molecule has 0 unspecified atom stereocenters. The summed E-state index contributed by atoms with van der Waals surface area (Å²) in [5, 5.41) is 0.544. The largest absolute Gasteiger partial charge is 0.430 e. The van der Waals surface area contributed by atoms with Gasteiger partial charge in [-0.25, -0.2) is 0 Å². The highest BCUT2D eigenvalue weighted by Crippen LogP contribution is 2.28. The van der Waals surface area contributed by atoms with Crippen LogP contribution in [0.25, 0.3) is 0 Å². The lowest BCUT2D eigenvalue weighted by molar-refractivity contribution is 0.475. The topological polar surface area (TPSA) is 61.0 Å². The van der Waals surface area contributed by atoms with Gasteiger partial charge in [0.2, 0.25) is 0 Å². The number of nitrogen functional groups attached to an aromatic ring is 1. The molecule has 0 aliphatic rings. The van der Waals surface area contributed by atoms with Crippen molar-refractivity contribution in [3.63, 3.8) is 0 Å². The van der Waals surface area contributed by atoms with Gasteiger partial charge in [-0.1, -0.05) is 0 Å². The number of anilines is 1. The second-order valence-electron chi connectivity index (χ2n) is 3.28. The van der Waals surface area contributed by atoms with Crippen molar-refractivity contribution in [2.24, 2.45) is 0 Å². The molecule has 4 nitrogen and oxygen atoms in total. The van der Waals surface area contributed by atoms with E-state index in [2.05, 4.69) is 9.36 Å². The summed E-state index contributed by atoms with van der Waals surface area (Å²) < 4.78 is 9.44. The second kappa shape index (κ2) is 3.86. The zero-order valence-electron chi connectivity index (χ0n) is 8.52. The Kier molecular flexibility index (Phi) is 2.55. The molecule has 1 aromatic heterocycles. The molecule has 0 saturated carbocycles. The highest BCUT2D eigenvalue weighted by molar-refractivity contribution is 7.07. The van der Waals surface area contributed by atoms with Gasteiger partial charge in [-0.15, -0.1) is 0 Å². The zero-order chi connectivity index (χ0) is 10.8. The average molecular weight is 221 g/mol. The lowest BCUT2D eigenvalue weighted by Crippen LogP contribution is -1.93. The van der Waals surface area contributed by atoms with Crippen molar-refractivity contribution in [2.75, 3.05) is 5.73 Å². The number of hydrogen-bond donors (Lipinski definition) is 1. The molecule has 0 saturated heterocycles. The van der Waals surface area contributed by atoms with Gasteiger partial charge in [0.25, 0.3) is 5.19 Å². The van der Waals surface area contributed by atoms with Gasteiger partial charge in [0.1, 0.15) is 12.1 Å². The molecule has 0 amide bonds. The van der Waals surface area contributed by atoms with Crippen LogP contribution in [0.3, 0.4) is 0 Å². The standard InChI is InChI=1S/C10H11N3OS/c1-6-4-9(7(2)3-8(6)11)14-10-12-5-13-15-10/h3-5H,11H2,1-2H3. The van der Waals surface area contributed by atoms with Gasteiger partial charge in [-0.2, -0.15) is 9.36 Å². The van der Waals surface area contributed by atoms with E-state index < -0.39 is 0 Å². The Morgan fingerprint density at radius 3 is 2.73 bits per heavy atom. The van der Waals surface area contributed by atoms with Crippen molar-refractivity contribution in [1.29, 1.82) is 0 Å². The van der Waals surface area contributed by atoms with E-state index in [-0.39, 0.29) is 0 Å². The van der Waals surface area contributed by atoms with Gasteiger partial charge in [-0.05, 0) is 37.1 Å². The molecule has 15 heavy (non-hydrogen) atoms. The van der Waals surface area contributed by atoms with E-state index >= 15 is 0 Å². The number of nitrogens with two attached hydrogens (primary N) is 1. The summed E-state index contributed by atoms with van der Waals surface area (Å²) in [6, 6.07) is 3.80. The van der Waals surface area contributed by atoms with E-state index in [1.165, 1.54) is 17.9 Å². The van der Waals surface area contributed by atoms with Gasteiger partial charge in [0.05, 0.1) is 0 Å². The summed E-state index contributed by atoms with van der Waals surface area (Å²) in [4.78, 5) is 3.96. The molecule has 1 heterocycles. The van der Waals surface area contributed by atoms with Crippen LogP contribution in [0.15, 0.2) is 18.5 Å². The fraction of sp³-hybridized carbons (Fsp3) is 0.200. The van der Waals surface area contributed by atoms with Crippen LogP contribution in [-0.2, 0) is 0 Å². The number of hydrogen-bond acceptors (Lipinski definition) is 5. The molecular formula is C10H11N3OS. The number of aryl methyl sites for hydroxylation is 2. The van der Waals surface area contributed by atoms with E-state index in [0.717, 1.165) is 22.6 Å². The molecule has 0 radical (unpaired) electrons.